The molecule has 0 fully saturated rings. The minimum atomic E-state index is -0.940. The summed E-state index contributed by atoms with van der Waals surface area (Å²) in [7, 11) is 0. The van der Waals surface area contributed by atoms with Crippen molar-refractivity contribution in [3.8, 4) is 11.8 Å². The number of thiophene rings is 2. The predicted octanol–water partition coefficient (Wildman–Crippen LogP) is 5.30. The Kier molecular flexibility index (Phi) is 8.66. The molecule has 0 saturated heterocycles. The Bertz CT molecular complexity index is 1260. The minimum absolute atomic E-state index is 0.0889. The fourth-order valence-electron chi connectivity index (χ4n) is 3.58. The fraction of sp³-hybridized carbons (Fsp3) is 0.231. The van der Waals surface area contributed by atoms with Crippen LogP contribution in [0.2, 0.25) is 0 Å². The molecule has 6 nitrogen and oxygen atoms in total. The molecule has 1 aliphatic heterocycles. The highest BCUT2D eigenvalue weighted by molar-refractivity contribution is 8.16. The van der Waals surface area contributed by atoms with E-state index in [1.807, 2.05) is 53.0 Å². The Morgan fingerprint density at radius 3 is 2.74 bits per heavy atom. The lowest BCUT2D eigenvalue weighted by atomic mass is 10.0. The molecule has 1 aromatic carbocycles. The molecule has 2 aromatic heterocycles. The third kappa shape index (κ3) is 7.23. The van der Waals surface area contributed by atoms with Gasteiger partial charge in [0.15, 0.2) is 0 Å². The third-order valence-corrected chi connectivity index (χ3v) is 7.89. The fourth-order valence-corrected chi connectivity index (χ4v) is 5.62. The first kappa shape index (κ1) is 25.1. The quantitative estimate of drug-likeness (QED) is 0.370. The number of hydrogen-bond donors (Lipinski definition) is 2. The number of rotatable bonds is 9. The summed E-state index contributed by atoms with van der Waals surface area (Å²) in [5, 5.41) is 26.9. The molecule has 1 amide bonds. The van der Waals surface area contributed by atoms with E-state index in [0.29, 0.717) is 37.2 Å². The number of hydrazine groups is 1. The highest BCUT2D eigenvalue weighted by atomic mass is 32.2. The van der Waals surface area contributed by atoms with Crippen LogP contribution >= 0.6 is 34.4 Å². The molecule has 1 atom stereocenters. The highest BCUT2D eigenvalue weighted by Gasteiger charge is 2.23. The highest BCUT2D eigenvalue weighted by Crippen LogP contribution is 2.23. The second-order valence-electron chi connectivity index (χ2n) is 7.85. The van der Waals surface area contributed by atoms with Crippen LogP contribution < -0.4 is 0 Å². The number of nitrogens with zero attached hydrogens (tertiary/aromatic N) is 2. The van der Waals surface area contributed by atoms with Gasteiger partial charge >= 0.3 is 11.2 Å². The van der Waals surface area contributed by atoms with Gasteiger partial charge in [0.2, 0.25) is 0 Å². The monoisotopic (exact) mass is 524 g/mol. The number of aliphatic hydroxyl groups excluding tert-OH is 1. The lowest BCUT2D eigenvalue weighted by Gasteiger charge is -2.36. The zero-order chi connectivity index (χ0) is 24.6. The summed E-state index contributed by atoms with van der Waals surface area (Å²) in [5.41, 5.74) is 1.93. The number of carboxylic acid groups (broad SMARTS) is 1. The van der Waals surface area contributed by atoms with Gasteiger partial charge in [0.25, 0.3) is 0 Å². The van der Waals surface area contributed by atoms with E-state index in [1.165, 1.54) is 11.3 Å². The summed E-state index contributed by atoms with van der Waals surface area (Å²) in [6.07, 6.45) is 2.84. The Morgan fingerprint density at radius 2 is 1.97 bits per heavy atom. The number of aliphatic hydroxyl groups is 1. The number of aromatic carboxylic acids is 1. The maximum absolute atomic E-state index is 12.5. The van der Waals surface area contributed by atoms with Gasteiger partial charge in [-0.15, -0.1) is 22.7 Å². The van der Waals surface area contributed by atoms with Crippen LogP contribution in [0.25, 0.3) is 0 Å². The van der Waals surface area contributed by atoms with E-state index in [2.05, 4.69) is 11.8 Å². The molecule has 0 radical (unpaired) electrons. The van der Waals surface area contributed by atoms with Gasteiger partial charge in [-0.05, 0) is 71.3 Å². The van der Waals surface area contributed by atoms with Crippen molar-refractivity contribution < 1.29 is 19.8 Å². The summed E-state index contributed by atoms with van der Waals surface area (Å²) in [6, 6.07) is 15.2. The predicted molar refractivity (Wildman–Crippen MR) is 142 cm³/mol. The van der Waals surface area contributed by atoms with E-state index >= 15 is 0 Å². The molecular weight excluding hydrogens is 500 g/mol. The normalized spacial score (nSPS) is 14.0. The average Bonchev–Trinajstić information content (AvgIpc) is 3.53. The van der Waals surface area contributed by atoms with Crippen molar-refractivity contribution in [1.82, 2.24) is 10.0 Å². The van der Waals surface area contributed by atoms with Crippen molar-refractivity contribution in [2.75, 3.05) is 13.1 Å². The summed E-state index contributed by atoms with van der Waals surface area (Å²) in [5.74, 6) is 5.39. The van der Waals surface area contributed by atoms with Gasteiger partial charge in [0, 0.05) is 36.2 Å². The van der Waals surface area contributed by atoms with E-state index in [9.17, 15) is 14.7 Å². The standard InChI is InChI=1S/C26H24N2O4S3/c29-21(18-20-4-1-3-19(17-20)6-7-22-5-2-15-33-22)10-12-27-14-16-34-26(32)28(27)13-11-23-8-9-24(35-23)25(30)31/h1-5,8-9,14-17,21,29H,10-13,18H2,(H,30,31). The second kappa shape index (κ2) is 12.1. The Morgan fingerprint density at radius 1 is 1.09 bits per heavy atom. The number of benzene rings is 1. The van der Waals surface area contributed by atoms with Gasteiger partial charge in [0.1, 0.15) is 4.88 Å². The Hall–Kier alpha value is -3.03. The zero-order valence-electron chi connectivity index (χ0n) is 18.8. The van der Waals surface area contributed by atoms with E-state index < -0.39 is 12.1 Å². The number of carbonyl (C=O) groups excluding carboxylic acids is 1. The van der Waals surface area contributed by atoms with Gasteiger partial charge in [0.05, 0.1) is 11.0 Å². The van der Waals surface area contributed by atoms with Crippen LogP contribution in [-0.4, -0.2) is 50.6 Å². The molecule has 0 spiro atoms. The van der Waals surface area contributed by atoms with Gasteiger partial charge < -0.3 is 10.2 Å². The molecule has 2 N–H and O–H groups in total. The van der Waals surface area contributed by atoms with Crippen molar-refractivity contribution in [3.05, 3.63) is 91.3 Å². The number of hydrogen-bond acceptors (Lipinski definition) is 7. The summed E-state index contributed by atoms with van der Waals surface area (Å²) >= 11 is 3.95. The molecule has 4 rings (SSSR count). The van der Waals surface area contributed by atoms with Crippen LogP contribution in [-0.2, 0) is 12.8 Å². The van der Waals surface area contributed by atoms with Crippen LogP contribution in [0.5, 0.6) is 0 Å². The summed E-state index contributed by atoms with van der Waals surface area (Å²) < 4.78 is 0. The maximum atomic E-state index is 12.5. The number of amides is 1. The maximum Gasteiger partial charge on any atom is 0.345 e. The molecule has 9 heteroatoms. The van der Waals surface area contributed by atoms with Crippen LogP contribution in [0.15, 0.2) is 65.5 Å². The van der Waals surface area contributed by atoms with Crippen molar-refractivity contribution in [2.24, 2.45) is 0 Å². The average molecular weight is 525 g/mol. The van der Waals surface area contributed by atoms with Crippen LogP contribution in [0.1, 0.15) is 37.0 Å². The number of carboxylic acids is 1. The summed E-state index contributed by atoms with van der Waals surface area (Å²) in [4.78, 5) is 25.8. The molecule has 0 aliphatic carbocycles. The molecule has 3 heterocycles. The largest absolute Gasteiger partial charge is 0.477 e. The van der Waals surface area contributed by atoms with Gasteiger partial charge in [-0.3, -0.25) is 9.80 Å². The van der Waals surface area contributed by atoms with Gasteiger partial charge in [-0.2, -0.15) is 0 Å². The van der Waals surface area contributed by atoms with Crippen LogP contribution in [0.4, 0.5) is 4.79 Å². The van der Waals surface area contributed by atoms with Crippen LogP contribution in [0, 0.1) is 11.8 Å². The van der Waals surface area contributed by atoms with Crippen molar-refractivity contribution >= 4 is 45.6 Å². The second-order valence-corrected chi connectivity index (χ2v) is 10.8. The Balaban J connectivity index is 1.31. The van der Waals surface area contributed by atoms with E-state index in [4.69, 9.17) is 5.11 Å². The molecule has 0 bridgehead atoms. The zero-order valence-corrected chi connectivity index (χ0v) is 21.2. The molecule has 180 valence electrons. The molecule has 1 aliphatic rings. The first-order valence-electron chi connectivity index (χ1n) is 11.0. The van der Waals surface area contributed by atoms with Crippen molar-refractivity contribution in [3.63, 3.8) is 0 Å². The lowest BCUT2D eigenvalue weighted by molar-refractivity contribution is 0.0548. The van der Waals surface area contributed by atoms with E-state index in [0.717, 1.165) is 32.6 Å². The van der Waals surface area contributed by atoms with Gasteiger partial charge in [-0.1, -0.05) is 30.0 Å². The lowest BCUT2D eigenvalue weighted by Crippen LogP contribution is -2.45. The van der Waals surface area contributed by atoms with Crippen LogP contribution in [0.3, 0.4) is 0 Å². The Labute approximate surface area is 216 Å². The molecule has 35 heavy (non-hydrogen) atoms. The molecule has 1 unspecified atom stereocenters. The molecule has 0 saturated carbocycles. The molecule has 3 aromatic rings. The number of thioether (sulfide) groups is 1. The van der Waals surface area contributed by atoms with Crippen molar-refractivity contribution in [2.45, 2.75) is 25.4 Å². The topological polar surface area (TPSA) is 81.1 Å². The summed E-state index contributed by atoms with van der Waals surface area (Å²) in [6.45, 7) is 0.934. The first-order chi connectivity index (χ1) is 17.0. The van der Waals surface area contributed by atoms with E-state index in [-0.39, 0.29) is 5.24 Å². The smallest absolute Gasteiger partial charge is 0.345 e. The molecular formula is C26H24N2O4S3. The third-order valence-electron chi connectivity index (χ3n) is 5.31. The SMILES string of the molecule is O=C(O)c1ccc(CCN2C(=O)SC=CN2CCC(O)Cc2cccc(C#Cc3cccs3)c2)s1. The van der Waals surface area contributed by atoms with E-state index in [1.54, 1.807) is 33.9 Å². The van der Waals surface area contributed by atoms with Crippen molar-refractivity contribution in [1.29, 1.82) is 0 Å². The van der Waals surface area contributed by atoms with Gasteiger partial charge in [-0.25, -0.2) is 9.80 Å². The first-order valence-corrected chi connectivity index (χ1v) is 13.6. The minimum Gasteiger partial charge on any atom is -0.477 e. The number of carbonyl (C=O) groups is 2.